The van der Waals surface area contributed by atoms with Gasteiger partial charge in [-0.25, -0.2) is 0 Å². The van der Waals surface area contributed by atoms with Crippen molar-refractivity contribution in [1.29, 1.82) is 0 Å². The zero-order valence-electron chi connectivity index (χ0n) is 11.5. The molecule has 0 saturated heterocycles. The summed E-state index contributed by atoms with van der Waals surface area (Å²) in [6, 6.07) is 13.1. The molecule has 2 nitrogen and oxygen atoms in total. The second-order valence-corrected chi connectivity index (χ2v) is 5.75. The summed E-state index contributed by atoms with van der Waals surface area (Å²) in [4.78, 5) is 1.38. The Morgan fingerprint density at radius 3 is 2.74 bits per heavy atom. The highest BCUT2D eigenvalue weighted by molar-refractivity contribution is 7.10. The zero-order valence-corrected chi connectivity index (χ0v) is 12.3. The summed E-state index contributed by atoms with van der Waals surface area (Å²) >= 11 is 1.80. The van der Waals surface area contributed by atoms with E-state index in [0.717, 1.165) is 12.0 Å². The van der Waals surface area contributed by atoms with E-state index in [0.29, 0.717) is 6.04 Å². The quantitative estimate of drug-likeness (QED) is 0.834. The third kappa shape index (κ3) is 3.66. The monoisotopic (exact) mass is 275 g/mol. The number of nitrogens with one attached hydrogen (secondary N) is 1. The van der Waals surface area contributed by atoms with Crippen LogP contribution in [0.4, 0.5) is 0 Å². The van der Waals surface area contributed by atoms with Gasteiger partial charge in [0, 0.05) is 17.0 Å². The van der Waals surface area contributed by atoms with Gasteiger partial charge in [0.25, 0.3) is 0 Å². The highest BCUT2D eigenvalue weighted by atomic mass is 32.1. The topological polar surface area (TPSA) is 32.3 Å². The molecule has 0 amide bonds. The Morgan fingerprint density at radius 2 is 2.11 bits per heavy atom. The lowest BCUT2D eigenvalue weighted by Crippen LogP contribution is -2.23. The van der Waals surface area contributed by atoms with Crippen LogP contribution in [-0.4, -0.2) is 5.11 Å². The van der Waals surface area contributed by atoms with E-state index in [1.807, 2.05) is 12.1 Å². The maximum atomic E-state index is 9.20. The third-order valence-corrected chi connectivity index (χ3v) is 4.37. The van der Waals surface area contributed by atoms with Crippen molar-refractivity contribution in [1.82, 2.24) is 5.32 Å². The van der Waals surface area contributed by atoms with E-state index in [1.54, 1.807) is 11.3 Å². The highest BCUT2D eigenvalue weighted by Gasteiger charge is 2.14. The number of hydrogen-bond acceptors (Lipinski definition) is 3. The third-order valence-electron chi connectivity index (χ3n) is 3.38. The second-order valence-electron chi connectivity index (χ2n) is 4.77. The molecule has 0 aliphatic heterocycles. The van der Waals surface area contributed by atoms with Crippen molar-refractivity contribution < 1.29 is 5.11 Å². The fourth-order valence-corrected chi connectivity index (χ4v) is 3.12. The molecule has 102 valence electrons. The van der Waals surface area contributed by atoms with Gasteiger partial charge >= 0.3 is 0 Å². The lowest BCUT2D eigenvalue weighted by atomic mass is 10.0. The summed E-state index contributed by atoms with van der Waals surface area (Å²) in [6.07, 6.45) is 1.07. The van der Waals surface area contributed by atoms with Crippen LogP contribution in [0.2, 0.25) is 0 Å². The Balaban J connectivity index is 2.08. The van der Waals surface area contributed by atoms with Crippen molar-refractivity contribution in [3.05, 3.63) is 57.8 Å². The van der Waals surface area contributed by atoms with Crippen LogP contribution >= 0.6 is 11.3 Å². The molecule has 0 bridgehead atoms. The van der Waals surface area contributed by atoms with Gasteiger partial charge < -0.3 is 10.4 Å². The Hall–Kier alpha value is -1.16. The molecular weight excluding hydrogens is 254 g/mol. The minimum absolute atomic E-state index is 0.0999. The minimum Gasteiger partial charge on any atom is -0.392 e. The van der Waals surface area contributed by atoms with E-state index in [9.17, 15) is 5.11 Å². The van der Waals surface area contributed by atoms with E-state index in [2.05, 4.69) is 48.8 Å². The van der Waals surface area contributed by atoms with Crippen molar-refractivity contribution in [2.24, 2.45) is 0 Å². The molecule has 0 aliphatic carbocycles. The number of benzene rings is 1. The molecule has 1 aromatic carbocycles. The summed E-state index contributed by atoms with van der Waals surface area (Å²) in [5.41, 5.74) is 2.19. The van der Waals surface area contributed by atoms with E-state index in [4.69, 9.17) is 0 Å². The van der Waals surface area contributed by atoms with Crippen LogP contribution in [0.1, 0.15) is 48.4 Å². The molecule has 0 saturated carbocycles. The second kappa shape index (κ2) is 6.85. The first-order valence-electron chi connectivity index (χ1n) is 6.73. The molecule has 2 rings (SSSR count). The van der Waals surface area contributed by atoms with Crippen molar-refractivity contribution in [2.75, 3.05) is 0 Å². The van der Waals surface area contributed by atoms with Gasteiger partial charge in [0.1, 0.15) is 0 Å². The van der Waals surface area contributed by atoms with Gasteiger partial charge in [0.2, 0.25) is 0 Å². The summed E-state index contributed by atoms with van der Waals surface area (Å²) < 4.78 is 0. The molecule has 3 heteroatoms. The molecule has 1 aromatic heterocycles. The average Bonchev–Trinajstić information content (AvgIpc) is 2.98. The van der Waals surface area contributed by atoms with Gasteiger partial charge in [-0.2, -0.15) is 0 Å². The predicted molar refractivity (Wildman–Crippen MR) is 81.3 cm³/mol. The van der Waals surface area contributed by atoms with Crippen LogP contribution in [0.5, 0.6) is 0 Å². The highest BCUT2D eigenvalue weighted by Crippen LogP contribution is 2.25. The largest absolute Gasteiger partial charge is 0.392 e. The van der Waals surface area contributed by atoms with Gasteiger partial charge in [-0.15, -0.1) is 11.3 Å². The van der Waals surface area contributed by atoms with Gasteiger partial charge in [-0.3, -0.25) is 0 Å². The van der Waals surface area contributed by atoms with Crippen molar-refractivity contribution in [3.63, 3.8) is 0 Å². The Labute approximate surface area is 119 Å². The fourth-order valence-electron chi connectivity index (χ4n) is 2.25. The van der Waals surface area contributed by atoms with Crippen LogP contribution in [0.25, 0.3) is 0 Å². The summed E-state index contributed by atoms with van der Waals surface area (Å²) in [6.45, 7) is 4.48. The van der Waals surface area contributed by atoms with Crippen LogP contribution in [0.3, 0.4) is 0 Å². The number of aliphatic hydroxyl groups is 1. The molecule has 2 aromatic rings. The van der Waals surface area contributed by atoms with Crippen LogP contribution in [0, 0.1) is 0 Å². The zero-order chi connectivity index (χ0) is 13.7. The predicted octanol–water partition coefficient (Wildman–Crippen LogP) is 4.04. The van der Waals surface area contributed by atoms with Gasteiger partial charge in [0.15, 0.2) is 0 Å². The normalized spacial score (nSPS) is 14.3. The first-order valence-corrected chi connectivity index (χ1v) is 7.61. The van der Waals surface area contributed by atoms with Crippen LogP contribution in [0.15, 0.2) is 41.8 Å². The van der Waals surface area contributed by atoms with E-state index >= 15 is 0 Å². The van der Waals surface area contributed by atoms with Crippen LogP contribution in [-0.2, 0) is 6.61 Å². The van der Waals surface area contributed by atoms with Gasteiger partial charge in [-0.1, -0.05) is 37.3 Å². The fraction of sp³-hybridized carbons (Fsp3) is 0.375. The Kier molecular flexibility index (Phi) is 5.14. The smallest absolute Gasteiger partial charge is 0.0681 e. The maximum Gasteiger partial charge on any atom is 0.0681 e. The average molecular weight is 275 g/mol. The lowest BCUT2D eigenvalue weighted by molar-refractivity contribution is 0.281. The standard InChI is InChI=1S/C16H21NOS/c1-3-15(16-8-5-9-19-16)17-12(2)14-7-4-6-13(10-14)11-18/h4-10,12,15,17-18H,3,11H2,1-2H3. The van der Waals surface area contributed by atoms with Gasteiger partial charge in [0.05, 0.1) is 6.61 Å². The van der Waals surface area contributed by atoms with E-state index in [1.165, 1.54) is 10.4 Å². The number of aliphatic hydroxyl groups excluding tert-OH is 1. The summed E-state index contributed by atoms with van der Waals surface area (Å²) in [5.74, 6) is 0. The first kappa shape index (κ1) is 14.3. The molecule has 19 heavy (non-hydrogen) atoms. The summed E-state index contributed by atoms with van der Waals surface area (Å²) in [5, 5.41) is 15.0. The van der Waals surface area contributed by atoms with E-state index in [-0.39, 0.29) is 12.6 Å². The molecule has 2 atom stereocenters. The minimum atomic E-state index is 0.0999. The maximum absolute atomic E-state index is 9.20. The number of hydrogen-bond donors (Lipinski definition) is 2. The Bertz CT molecular complexity index is 495. The van der Waals surface area contributed by atoms with Gasteiger partial charge in [-0.05, 0) is 35.9 Å². The van der Waals surface area contributed by atoms with Crippen molar-refractivity contribution in [3.8, 4) is 0 Å². The molecule has 0 aliphatic rings. The van der Waals surface area contributed by atoms with Crippen molar-refractivity contribution in [2.45, 2.75) is 39.0 Å². The molecule has 2 unspecified atom stereocenters. The molecular formula is C16H21NOS. The molecule has 0 radical (unpaired) electrons. The lowest BCUT2D eigenvalue weighted by Gasteiger charge is -2.22. The number of thiophene rings is 1. The summed E-state index contributed by atoms with van der Waals surface area (Å²) in [7, 11) is 0. The first-order chi connectivity index (χ1) is 9.24. The van der Waals surface area contributed by atoms with Crippen molar-refractivity contribution >= 4 is 11.3 Å². The molecule has 0 spiro atoms. The van der Waals surface area contributed by atoms with Crippen LogP contribution < -0.4 is 5.32 Å². The molecule has 0 fully saturated rings. The molecule has 2 N–H and O–H groups in total. The van der Waals surface area contributed by atoms with E-state index < -0.39 is 0 Å². The SMILES string of the molecule is CCC(NC(C)c1cccc(CO)c1)c1cccs1. The Morgan fingerprint density at radius 1 is 1.26 bits per heavy atom. The molecule has 1 heterocycles. The number of rotatable bonds is 6.